The molecule has 1 N–H and O–H groups in total. The third-order valence-corrected chi connectivity index (χ3v) is 2.74. The van der Waals surface area contributed by atoms with E-state index in [-0.39, 0.29) is 5.97 Å². The van der Waals surface area contributed by atoms with Gasteiger partial charge in [-0.15, -0.1) is 0 Å². The van der Waals surface area contributed by atoms with Gasteiger partial charge in [-0.25, -0.2) is 0 Å². The van der Waals surface area contributed by atoms with E-state index < -0.39 is 0 Å². The Labute approximate surface area is 112 Å². The van der Waals surface area contributed by atoms with E-state index in [0.29, 0.717) is 19.6 Å². The first-order chi connectivity index (χ1) is 7.61. The lowest BCUT2D eigenvalue weighted by atomic mass is 10.3. The van der Waals surface area contributed by atoms with E-state index >= 15 is 0 Å². The number of benzene rings is 1. The molecular formula is C11H13Br2NO2. The van der Waals surface area contributed by atoms with Crippen LogP contribution in [-0.2, 0) is 9.53 Å². The van der Waals surface area contributed by atoms with Crippen LogP contribution >= 0.6 is 31.9 Å². The van der Waals surface area contributed by atoms with Gasteiger partial charge in [0.05, 0.1) is 13.0 Å². The second-order valence-electron chi connectivity index (χ2n) is 3.14. The van der Waals surface area contributed by atoms with Gasteiger partial charge in [0.25, 0.3) is 0 Å². The molecule has 1 aromatic carbocycles. The van der Waals surface area contributed by atoms with E-state index in [1.807, 2.05) is 18.2 Å². The van der Waals surface area contributed by atoms with E-state index in [1.165, 1.54) is 0 Å². The average molecular weight is 351 g/mol. The van der Waals surface area contributed by atoms with Gasteiger partial charge in [-0.1, -0.05) is 31.9 Å². The zero-order chi connectivity index (χ0) is 12.0. The highest BCUT2D eigenvalue weighted by atomic mass is 79.9. The van der Waals surface area contributed by atoms with E-state index in [2.05, 4.69) is 37.2 Å². The van der Waals surface area contributed by atoms with Crippen molar-refractivity contribution < 1.29 is 9.53 Å². The molecule has 0 spiro atoms. The molecule has 0 saturated heterocycles. The minimum absolute atomic E-state index is 0.177. The fourth-order valence-electron chi connectivity index (χ4n) is 1.20. The lowest BCUT2D eigenvalue weighted by Crippen LogP contribution is -2.11. The van der Waals surface area contributed by atoms with Gasteiger partial charge in [-0.3, -0.25) is 4.79 Å². The number of halogens is 2. The van der Waals surface area contributed by atoms with E-state index in [1.54, 1.807) is 6.92 Å². The number of ether oxygens (including phenoxy) is 1. The van der Waals surface area contributed by atoms with Gasteiger partial charge in [0, 0.05) is 21.2 Å². The normalized spacial score (nSPS) is 9.94. The van der Waals surface area contributed by atoms with Crippen LogP contribution in [0.3, 0.4) is 0 Å². The Morgan fingerprint density at radius 1 is 1.31 bits per heavy atom. The molecule has 0 bridgehead atoms. The van der Waals surface area contributed by atoms with Gasteiger partial charge < -0.3 is 10.1 Å². The first-order valence-electron chi connectivity index (χ1n) is 4.97. The Morgan fingerprint density at radius 3 is 2.50 bits per heavy atom. The highest BCUT2D eigenvalue weighted by Gasteiger charge is 2.01. The van der Waals surface area contributed by atoms with Gasteiger partial charge in [-0.05, 0) is 25.1 Å². The van der Waals surface area contributed by atoms with Crippen molar-refractivity contribution in [3.63, 3.8) is 0 Å². The summed E-state index contributed by atoms with van der Waals surface area (Å²) in [5.74, 6) is -0.177. The van der Waals surface area contributed by atoms with Crippen molar-refractivity contribution in [2.24, 2.45) is 0 Å². The minimum atomic E-state index is -0.177. The number of hydrogen-bond donors (Lipinski definition) is 1. The zero-order valence-corrected chi connectivity index (χ0v) is 12.1. The van der Waals surface area contributed by atoms with Crippen LogP contribution in [0.1, 0.15) is 13.3 Å². The van der Waals surface area contributed by atoms with Crippen molar-refractivity contribution in [2.75, 3.05) is 18.5 Å². The second-order valence-corrected chi connectivity index (χ2v) is 4.97. The van der Waals surface area contributed by atoms with E-state index in [9.17, 15) is 4.79 Å². The Bertz CT molecular complexity index is 349. The Kier molecular flexibility index (Phi) is 5.84. The van der Waals surface area contributed by atoms with Crippen LogP contribution in [0.2, 0.25) is 0 Å². The summed E-state index contributed by atoms with van der Waals surface area (Å²) in [6.45, 7) is 2.81. The third-order valence-electron chi connectivity index (χ3n) is 1.83. The maximum atomic E-state index is 11.1. The summed E-state index contributed by atoms with van der Waals surface area (Å²) in [4.78, 5) is 11.1. The molecule has 0 aliphatic carbocycles. The number of nitrogens with one attached hydrogen (secondary N) is 1. The van der Waals surface area contributed by atoms with Crippen molar-refractivity contribution in [1.82, 2.24) is 0 Å². The highest BCUT2D eigenvalue weighted by Crippen LogP contribution is 2.23. The van der Waals surface area contributed by atoms with Crippen molar-refractivity contribution in [1.29, 1.82) is 0 Å². The maximum absolute atomic E-state index is 11.1. The molecule has 0 aliphatic heterocycles. The molecule has 5 heteroatoms. The van der Waals surface area contributed by atoms with E-state index in [0.717, 1.165) is 14.6 Å². The highest BCUT2D eigenvalue weighted by molar-refractivity contribution is 9.11. The first kappa shape index (κ1) is 13.5. The van der Waals surface area contributed by atoms with Crippen molar-refractivity contribution in [2.45, 2.75) is 13.3 Å². The standard InChI is InChI=1S/C11H13Br2NO2/c1-2-16-11(15)3-4-14-10-6-8(12)5-9(13)7-10/h5-7,14H,2-4H2,1H3. The van der Waals surface area contributed by atoms with E-state index in [4.69, 9.17) is 4.74 Å². The molecule has 0 aliphatic rings. The molecule has 1 aromatic rings. The van der Waals surface area contributed by atoms with Crippen LogP contribution in [0.25, 0.3) is 0 Å². The quantitative estimate of drug-likeness (QED) is 0.825. The number of anilines is 1. The molecule has 0 aromatic heterocycles. The monoisotopic (exact) mass is 349 g/mol. The molecule has 1 rings (SSSR count). The topological polar surface area (TPSA) is 38.3 Å². The average Bonchev–Trinajstić information content (AvgIpc) is 2.16. The summed E-state index contributed by atoms with van der Waals surface area (Å²) < 4.78 is 6.80. The zero-order valence-electron chi connectivity index (χ0n) is 8.93. The number of rotatable bonds is 5. The molecule has 0 radical (unpaired) electrons. The van der Waals surface area contributed by atoms with Gasteiger partial charge >= 0.3 is 5.97 Å². The predicted octanol–water partition coefficient (Wildman–Crippen LogP) is 3.58. The summed E-state index contributed by atoms with van der Waals surface area (Å²) in [6, 6.07) is 5.86. The van der Waals surface area contributed by atoms with Crippen LogP contribution in [0, 0.1) is 0 Å². The summed E-state index contributed by atoms with van der Waals surface area (Å²) in [5.41, 5.74) is 0.963. The van der Waals surface area contributed by atoms with Gasteiger partial charge in [-0.2, -0.15) is 0 Å². The van der Waals surface area contributed by atoms with Crippen molar-refractivity contribution >= 4 is 43.5 Å². The van der Waals surface area contributed by atoms with Crippen LogP contribution in [0.4, 0.5) is 5.69 Å². The second kappa shape index (κ2) is 6.91. The molecule has 16 heavy (non-hydrogen) atoms. The fraction of sp³-hybridized carbons (Fsp3) is 0.364. The Hall–Kier alpha value is -0.550. The number of carbonyl (C=O) groups is 1. The van der Waals surface area contributed by atoms with Crippen molar-refractivity contribution in [3.05, 3.63) is 27.1 Å². The minimum Gasteiger partial charge on any atom is -0.466 e. The van der Waals surface area contributed by atoms with Crippen LogP contribution in [0.15, 0.2) is 27.1 Å². The summed E-state index contributed by atoms with van der Waals surface area (Å²) in [5, 5.41) is 3.15. The van der Waals surface area contributed by atoms with Crippen molar-refractivity contribution in [3.8, 4) is 0 Å². The lowest BCUT2D eigenvalue weighted by molar-refractivity contribution is -0.142. The molecule has 0 saturated carbocycles. The first-order valence-corrected chi connectivity index (χ1v) is 6.56. The summed E-state index contributed by atoms with van der Waals surface area (Å²) >= 11 is 6.79. The van der Waals surface area contributed by atoms with Gasteiger partial charge in [0.15, 0.2) is 0 Å². The molecule has 0 heterocycles. The SMILES string of the molecule is CCOC(=O)CCNc1cc(Br)cc(Br)c1. The van der Waals surface area contributed by atoms with Gasteiger partial charge in [0.2, 0.25) is 0 Å². The number of carbonyl (C=O) groups excluding carboxylic acids is 1. The van der Waals surface area contributed by atoms with Crippen LogP contribution in [-0.4, -0.2) is 19.1 Å². The molecule has 0 atom stereocenters. The molecule has 3 nitrogen and oxygen atoms in total. The Morgan fingerprint density at radius 2 is 1.94 bits per heavy atom. The van der Waals surface area contributed by atoms with Gasteiger partial charge in [0.1, 0.15) is 0 Å². The number of esters is 1. The summed E-state index contributed by atoms with van der Waals surface area (Å²) in [6.07, 6.45) is 0.373. The maximum Gasteiger partial charge on any atom is 0.307 e. The largest absolute Gasteiger partial charge is 0.466 e. The number of hydrogen-bond acceptors (Lipinski definition) is 3. The summed E-state index contributed by atoms with van der Waals surface area (Å²) in [7, 11) is 0. The molecule has 0 unspecified atom stereocenters. The smallest absolute Gasteiger partial charge is 0.307 e. The molecule has 88 valence electrons. The molecular weight excluding hydrogens is 338 g/mol. The Balaban J connectivity index is 2.40. The van der Waals surface area contributed by atoms with Crippen LogP contribution in [0.5, 0.6) is 0 Å². The molecule has 0 amide bonds. The predicted molar refractivity (Wildman–Crippen MR) is 71.6 cm³/mol. The lowest BCUT2D eigenvalue weighted by Gasteiger charge is -2.07. The fourth-order valence-corrected chi connectivity index (χ4v) is 2.49. The van der Waals surface area contributed by atoms with Crippen LogP contribution < -0.4 is 5.32 Å². The molecule has 0 fully saturated rings. The third kappa shape index (κ3) is 4.99.